The van der Waals surface area contributed by atoms with E-state index in [9.17, 15) is 23.1 Å². The van der Waals surface area contributed by atoms with E-state index in [4.69, 9.17) is 4.74 Å². The van der Waals surface area contributed by atoms with Crippen molar-refractivity contribution < 1.29 is 32.2 Å². The number of amides is 1. The number of nitrogens with zero attached hydrogens (tertiary/aromatic N) is 5. The van der Waals surface area contributed by atoms with Gasteiger partial charge in [-0.05, 0) is 42.8 Å². The van der Waals surface area contributed by atoms with Gasteiger partial charge in [0.25, 0.3) is 5.91 Å². The summed E-state index contributed by atoms with van der Waals surface area (Å²) in [5, 5.41) is 17.0. The van der Waals surface area contributed by atoms with Crippen LogP contribution in [0.2, 0.25) is 0 Å². The number of alkyl halides is 2. The van der Waals surface area contributed by atoms with Crippen LogP contribution in [0.1, 0.15) is 22.6 Å². The maximum atomic E-state index is 15.1. The van der Waals surface area contributed by atoms with Gasteiger partial charge in [0.05, 0.1) is 11.7 Å². The number of aromatic nitrogens is 5. The molecule has 6 rings (SSSR count). The molecule has 0 saturated carbocycles. The van der Waals surface area contributed by atoms with E-state index in [1.165, 1.54) is 73.4 Å². The van der Waals surface area contributed by atoms with Gasteiger partial charge in [-0.2, -0.15) is 13.9 Å². The molecule has 0 aliphatic rings. The Hall–Kier alpha value is -5.85. The van der Waals surface area contributed by atoms with Crippen LogP contribution in [-0.4, -0.2) is 35.7 Å². The molecule has 13 heteroatoms. The Bertz CT molecular complexity index is 2030. The van der Waals surface area contributed by atoms with Crippen molar-refractivity contribution in [3.05, 3.63) is 108 Å². The summed E-state index contributed by atoms with van der Waals surface area (Å²) < 4.78 is 60.6. The Morgan fingerprint density at radius 1 is 0.909 bits per heavy atom. The first-order valence-corrected chi connectivity index (χ1v) is 13.0. The maximum Gasteiger partial charge on any atom is 0.333 e. The van der Waals surface area contributed by atoms with E-state index in [2.05, 4.69) is 25.4 Å². The zero-order valence-electron chi connectivity index (χ0n) is 22.7. The number of pyridine rings is 3. The highest BCUT2D eigenvalue weighted by Gasteiger charge is 2.20. The van der Waals surface area contributed by atoms with Gasteiger partial charge in [-0.1, -0.05) is 12.1 Å². The summed E-state index contributed by atoms with van der Waals surface area (Å²) in [4.78, 5) is 25.8. The van der Waals surface area contributed by atoms with Crippen LogP contribution in [0.4, 0.5) is 23.2 Å². The quantitative estimate of drug-likeness (QED) is 0.185. The third kappa shape index (κ3) is 5.50. The SMILES string of the molecule is Cc1ncc(C(=O)Nc2ccc(Oc3ccnc4cc(-c5cnn(C(F)F)c5)cnc34)c(F)c2)c(O)c1-c1ccc(F)cc1. The van der Waals surface area contributed by atoms with Crippen LogP contribution in [0.25, 0.3) is 33.3 Å². The second-order valence-corrected chi connectivity index (χ2v) is 9.58. The summed E-state index contributed by atoms with van der Waals surface area (Å²) in [6.07, 6.45) is 6.53. The van der Waals surface area contributed by atoms with Crippen molar-refractivity contribution in [2.24, 2.45) is 0 Å². The zero-order valence-corrected chi connectivity index (χ0v) is 22.7. The number of carbonyl (C=O) groups is 1. The molecule has 220 valence electrons. The Labute approximate surface area is 246 Å². The fourth-order valence-corrected chi connectivity index (χ4v) is 4.54. The van der Waals surface area contributed by atoms with Crippen LogP contribution in [0.15, 0.2) is 85.6 Å². The molecule has 0 saturated heterocycles. The van der Waals surface area contributed by atoms with E-state index in [-0.39, 0.29) is 34.1 Å². The average Bonchev–Trinajstić information content (AvgIpc) is 3.50. The summed E-state index contributed by atoms with van der Waals surface area (Å²) in [5.74, 6) is -2.34. The molecule has 44 heavy (non-hydrogen) atoms. The second-order valence-electron chi connectivity index (χ2n) is 9.58. The smallest absolute Gasteiger partial charge is 0.333 e. The number of hydrogen-bond acceptors (Lipinski definition) is 7. The third-order valence-corrected chi connectivity index (χ3v) is 6.70. The molecule has 9 nitrogen and oxygen atoms in total. The molecule has 0 bridgehead atoms. The predicted octanol–water partition coefficient (Wildman–Crippen LogP) is 7.29. The summed E-state index contributed by atoms with van der Waals surface area (Å²) in [6, 6.07) is 12.2. The lowest BCUT2D eigenvalue weighted by Crippen LogP contribution is -2.13. The van der Waals surface area contributed by atoms with Gasteiger partial charge in [0.1, 0.15) is 22.6 Å². The number of aromatic hydroxyl groups is 1. The molecule has 0 unspecified atom stereocenters. The number of benzene rings is 2. The molecule has 0 spiro atoms. The molecule has 0 fully saturated rings. The highest BCUT2D eigenvalue weighted by molar-refractivity contribution is 6.07. The van der Waals surface area contributed by atoms with Crippen LogP contribution in [-0.2, 0) is 0 Å². The van der Waals surface area contributed by atoms with E-state index in [0.29, 0.717) is 38.1 Å². The van der Waals surface area contributed by atoms with Crippen molar-refractivity contribution in [1.29, 1.82) is 0 Å². The third-order valence-electron chi connectivity index (χ3n) is 6.70. The minimum atomic E-state index is -2.78. The lowest BCUT2D eigenvalue weighted by Gasteiger charge is -2.13. The number of hydrogen-bond donors (Lipinski definition) is 2. The number of carbonyl (C=O) groups excluding carboxylic acids is 1. The van der Waals surface area contributed by atoms with Crippen molar-refractivity contribution in [3.63, 3.8) is 0 Å². The molecule has 4 heterocycles. The van der Waals surface area contributed by atoms with Gasteiger partial charge in [0.2, 0.25) is 0 Å². The topological polar surface area (TPSA) is 115 Å². The summed E-state index contributed by atoms with van der Waals surface area (Å²) in [7, 11) is 0. The van der Waals surface area contributed by atoms with Crippen molar-refractivity contribution in [2.75, 3.05) is 5.32 Å². The maximum absolute atomic E-state index is 15.1. The average molecular weight is 601 g/mol. The molecule has 0 aliphatic carbocycles. The highest BCUT2D eigenvalue weighted by atomic mass is 19.3. The van der Waals surface area contributed by atoms with Crippen LogP contribution < -0.4 is 10.1 Å². The molecule has 0 radical (unpaired) electrons. The van der Waals surface area contributed by atoms with E-state index >= 15 is 4.39 Å². The van der Waals surface area contributed by atoms with Gasteiger partial charge in [0, 0.05) is 65.0 Å². The number of halogens is 4. The molecular formula is C31H20F4N6O3. The number of ether oxygens (including phenoxy) is 1. The lowest BCUT2D eigenvalue weighted by molar-refractivity contribution is 0.0566. The summed E-state index contributed by atoms with van der Waals surface area (Å²) in [5.41, 5.74) is 2.66. The minimum Gasteiger partial charge on any atom is -0.506 e. The first-order chi connectivity index (χ1) is 21.2. The Kier molecular flexibility index (Phi) is 7.35. The van der Waals surface area contributed by atoms with Crippen molar-refractivity contribution in [2.45, 2.75) is 13.5 Å². The van der Waals surface area contributed by atoms with Gasteiger partial charge in [-0.25, -0.2) is 13.5 Å². The van der Waals surface area contributed by atoms with Crippen molar-refractivity contribution in [3.8, 4) is 39.5 Å². The monoisotopic (exact) mass is 600 g/mol. The predicted molar refractivity (Wildman–Crippen MR) is 152 cm³/mol. The van der Waals surface area contributed by atoms with Crippen LogP contribution in [0.5, 0.6) is 17.2 Å². The van der Waals surface area contributed by atoms with Gasteiger partial charge in [0.15, 0.2) is 17.3 Å². The van der Waals surface area contributed by atoms with E-state index in [1.807, 2.05) is 0 Å². The molecule has 6 aromatic rings. The fraction of sp³-hybridized carbons (Fsp3) is 0.0645. The standard InChI is InChI=1S/C31H20F4N6O3/c1-16-27(17-2-4-20(32)5-3-17)29(42)22(14-37-16)30(43)40-21-6-7-25(23(33)11-21)44-26-8-9-36-24-10-18(12-38-28(24)26)19-13-39-41(15-19)31(34)35/h2-15,31H,1H3,(H,37,42)(H,40,43). The van der Waals surface area contributed by atoms with Gasteiger partial charge in [-0.15, -0.1) is 0 Å². The van der Waals surface area contributed by atoms with Gasteiger partial charge in [-0.3, -0.25) is 19.7 Å². The second kappa shape index (κ2) is 11.4. The molecule has 4 aromatic heterocycles. The molecule has 2 N–H and O–H groups in total. The minimum absolute atomic E-state index is 0.0786. The lowest BCUT2D eigenvalue weighted by atomic mass is 10.0. The van der Waals surface area contributed by atoms with Crippen LogP contribution >= 0.6 is 0 Å². The Morgan fingerprint density at radius 2 is 1.70 bits per heavy atom. The number of anilines is 1. The number of nitrogens with one attached hydrogen (secondary N) is 1. The summed E-state index contributed by atoms with van der Waals surface area (Å²) in [6.45, 7) is -1.14. The first kappa shape index (κ1) is 28.3. The van der Waals surface area contributed by atoms with Crippen LogP contribution in [0, 0.1) is 18.6 Å². The zero-order chi connectivity index (χ0) is 31.0. The highest BCUT2D eigenvalue weighted by Crippen LogP contribution is 2.36. The number of fused-ring (bicyclic) bond motifs is 1. The molecular weight excluding hydrogens is 580 g/mol. The molecule has 1 amide bonds. The number of aryl methyl sites for hydroxylation is 1. The first-order valence-electron chi connectivity index (χ1n) is 13.0. The molecule has 0 atom stereocenters. The Balaban J connectivity index is 1.21. The normalized spacial score (nSPS) is 11.2. The van der Waals surface area contributed by atoms with Crippen molar-refractivity contribution >= 4 is 22.6 Å². The molecule has 0 aliphatic heterocycles. The fourth-order valence-electron chi connectivity index (χ4n) is 4.54. The van der Waals surface area contributed by atoms with Gasteiger partial charge < -0.3 is 15.2 Å². The Morgan fingerprint density at radius 3 is 2.43 bits per heavy atom. The summed E-state index contributed by atoms with van der Waals surface area (Å²) >= 11 is 0. The largest absolute Gasteiger partial charge is 0.506 e. The van der Waals surface area contributed by atoms with E-state index in [1.54, 1.807) is 13.0 Å². The van der Waals surface area contributed by atoms with E-state index < -0.39 is 24.1 Å². The van der Waals surface area contributed by atoms with Crippen LogP contribution in [0.3, 0.4) is 0 Å². The molecule has 2 aromatic carbocycles. The van der Waals surface area contributed by atoms with Gasteiger partial charge >= 0.3 is 6.55 Å². The number of rotatable bonds is 7. The van der Waals surface area contributed by atoms with E-state index in [0.717, 1.165) is 6.07 Å². The van der Waals surface area contributed by atoms with Crippen molar-refractivity contribution in [1.82, 2.24) is 24.7 Å².